The van der Waals surface area contributed by atoms with E-state index < -0.39 is 0 Å². The fourth-order valence-corrected chi connectivity index (χ4v) is 2.82. The van der Waals surface area contributed by atoms with E-state index in [1.807, 2.05) is 13.0 Å². The van der Waals surface area contributed by atoms with E-state index in [9.17, 15) is 0 Å². The highest BCUT2D eigenvalue weighted by atomic mass is 32.1. The molecule has 4 heteroatoms. The maximum atomic E-state index is 5.86. The lowest BCUT2D eigenvalue weighted by Crippen LogP contribution is -2.35. The Hall–Kier alpha value is -1.16. The zero-order chi connectivity index (χ0) is 13.3. The first-order valence-corrected chi connectivity index (χ1v) is 6.93. The van der Waals surface area contributed by atoms with Crippen molar-refractivity contribution in [2.24, 2.45) is 11.7 Å². The molecule has 1 saturated heterocycles. The normalized spacial score (nSPS) is 16.9. The molecule has 0 spiro atoms. The van der Waals surface area contributed by atoms with Crippen LogP contribution < -0.4 is 10.6 Å². The number of rotatable bonds is 2. The van der Waals surface area contributed by atoms with Gasteiger partial charge in [0.05, 0.1) is 5.56 Å². The number of aryl methyl sites for hydroxylation is 2. The van der Waals surface area contributed by atoms with Crippen LogP contribution in [0.2, 0.25) is 0 Å². The predicted octanol–water partition coefficient (Wildman–Crippen LogP) is 2.57. The van der Waals surface area contributed by atoms with Gasteiger partial charge in [0, 0.05) is 18.8 Å². The smallest absolute Gasteiger partial charge is 0.139 e. The summed E-state index contributed by atoms with van der Waals surface area (Å²) >= 11 is 5.18. The quantitative estimate of drug-likeness (QED) is 0.833. The van der Waals surface area contributed by atoms with Crippen molar-refractivity contribution in [3.8, 4) is 0 Å². The van der Waals surface area contributed by atoms with Crippen molar-refractivity contribution in [2.75, 3.05) is 18.0 Å². The number of piperidine rings is 1. The first-order valence-electron chi connectivity index (χ1n) is 6.52. The topological polar surface area (TPSA) is 42.1 Å². The molecule has 3 nitrogen and oxygen atoms in total. The third-order valence-corrected chi connectivity index (χ3v) is 3.86. The van der Waals surface area contributed by atoms with Crippen molar-refractivity contribution in [1.29, 1.82) is 0 Å². The second-order valence-corrected chi connectivity index (χ2v) is 5.75. The Morgan fingerprint density at radius 1 is 1.39 bits per heavy atom. The SMILES string of the molecule is Cc1cc(C)c(C(N)=S)c(N2CCC(C)CC2)n1. The molecular formula is C14H21N3S. The van der Waals surface area contributed by atoms with Gasteiger partial charge in [0.15, 0.2) is 0 Å². The van der Waals surface area contributed by atoms with Crippen LogP contribution in [0.1, 0.15) is 36.6 Å². The molecule has 0 bridgehead atoms. The summed E-state index contributed by atoms with van der Waals surface area (Å²) in [5, 5.41) is 0. The third kappa shape index (κ3) is 2.64. The van der Waals surface area contributed by atoms with E-state index in [-0.39, 0.29) is 0 Å². The number of pyridine rings is 1. The van der Waals surface area contributed by atoms with E-state index in [1.54, 1.807) is 0 Å². The van der Waals surface area contributed by atoms with Crippen LogP contribution in [0, 0.1) is 19.8 Å². The van der Waals surface area contributed by atoms with E-state index in [4.69, 9.17) is 18.0 Å². The van der Waals surface area contributed by atoms with Crippen molar-refractivity contribution in [3.05, 3.63) is 22.9 Å². The molecule has 1 fully saturated rings. The van der Waals surface area contributed by atoms with Gasteiger partial charge < -0.3 is 10.6 Å². The van der Waals surface area contributed by atoms with Gasteiger partial charge in [0.25, 0.3) is 0 Å². The Labute approximate surface area is 114 Å². The second-order valence-electron chi connectivity index (χ2n) is 5.31. The average Bonchev–Trinajstić information content (AvgIpc) is 2.28. The number of anilines is 1. The fourth-order valence-electron chi connectivity index (χ4n) is 2.57. The van der Waals surface area contributed by atoms with Crippen molar-refractivity contribution in [3.63, 3.8) is 0 Å². The van der Waals surface area contributed by atoms with Gasteiger partial charge in [-0.25, -0.2) is 4.98 Å². The molecule has 2 N–H and O–H groups in total. The van der Waals surface area contributed by atoms with Gasteiger partial charge in [-0.2, -0.15) is 0 Å². The largest absolute Gasteiger partial charge is 0.389 e. The van der Waals surface area contributed by atoms with Crippen LogP contribution in [0.3, 0.4) is 0 Å². The van der Waals surface area contributed by atoms with E-state index in [2.05, 4.69) is 23.7 Å². The molecule has 1 aromatic heterocycles. The average molecular weight is 263 g/mol. The summed E-state index contributed by atoms with van der Waals surface area (Å²) in [6.07, 6.45) is 2.43. The Bertz CT molecular complexity index is 462. The highest BCUT2D eigenvalue weighted by molar-refractivity contribution is 7.80. The van der Waals surface area contributed by atoms with Crippen molar-refractivity contribution in [1.82, 2.24) is 4.98 Å². The number of nitrogens with two attached hydrogens (primary N) is 1. The molecule has 1 aromatic rings. The minimum absolute atomic E-state index is 0.452. The van der Waals surface area contributed by atoms with Crippen LogP contribution in [0.15, 0.2) is 6.07 Å². The van der Waals surface area contributed by atoms with Crippen molar-refractivity contribution < 1.29 is 0 Å². The summed E-state index contributed by atoms with van der Waals surface area (Å²) in [5.74, 6) is 1.78. The Morgan fingerprint density at radius 3 is 2.56 bits per heavy atom. The summed E-state index contributed by atoms with van der Waals surface area (Å²) in [4.78, 5) is 7.44. The molecule has 98 valence electrons. The molecule has 0 aliphatic carbocycles. The van der Waals surface area contributed by atoms with E-state index in [0.29, 0.717) is 4.99 Å². The summed E-state index contributed by atoms with van der Waals surface area (Å²) in [6, 6.07) is 2.05. The maximum Gasteiger partial charge on any atom is 0.139 e. The van der Waals surface area contributed by atoms with Crippen LogP contribution in [-0.4, -0.2) is 23.1 Å². The highest BCUT2D eigenvalue weighted by Crippen LogP contribution is 2.27. The van der Waals surface area contributed by atoms with Crippen molar-refractivity contribution >= 4 is 23.0 Å². The predicted molar refractivity (Wildman–Crippen MR) is 80.2 cm³/mol. The molecule has 1 aliphatic rings. The van der Waals surface area contributed by atoms with Crippen LogP contribution in [0.5, 0.6) is 0 Å². The molecule has 1 aliphatic heterocycles. The van der Waals surface area contributed by atoms with Gasteiger partial charge in [0.1, 0.15) is 10.8 Å². The first-order chi connectivity index (χ1) is 8.49. The van der Waals surface area contributed by atoms with Crippen LogP contribution in [0.4, 0.5) is 5.82 Å². The van der Waals surface area contributed by atoms with Gasteiger partial charge >= 0.3 is 0 Å². The number of thiocarbonyl (C=S) groups is 1. The van der Waals surface area contributed by atoms with Gasteiger partial charge in [-0.1, -0.05) is 19.1 Å². The Kier molecular flexibility index (Phi) is 3.85. The number of hydrogen-bond acceptors (Lipinski definition) is 3. The fraction of sp³-hybridized carbons (Fsp3) is 0.571. The highest BCUT2D eigenvalue weighted by Gasteiger charge is 2.21. The zero-order valence-corrected chi connectivity index (χ0v) is 12.2. The molecule has 0 aromatic carbocycles. The molecule has 2 heterocycles. The molecule has 0 unspecified atom stereocenters. The summed E-state index contributed by atoms with van der Waals surface area (Å²) in [6.45, 7) is 8.48. The molecule has 0 saturated carbocycles. The van der Waals surface area contributed by atoms with Gasteiger partial charge in [-0.15, -0.1) is 0 Å². The molecular weight excluding hydrogens is 242 g/mol. The van der Waals surface area contributed by atoms with E-state index in [0.717, 1.165) is 41.6 Å². The zero-order valence-electron chi connectivity index (χ0n) is 11.4. The molecule has 18 heavy (non-hydrogen) atoms. The lowest BCUT2D eigenvalue weighted by molar-refractivity contribution is 0.436. The van der Waals surface area contributed by atoms with Crippen LogP contribution in [0.25, 0.3) is 0 Å². The van der Waals surface area contributed by atoms with E-state index in [1.165, 1.54) is 12.8 Å². The van der Waals surface area contributed by atoms with Crippen molar-refractivity contribution in [2.45, 2.75) is 33.6 Å². The Morgan fingerprint density at radius 2 is 2.00 bits per heavy atom. The van der Waals surface area contributed by atoms with Crippen LogP contribution >= 0.6 is 12.2 Å². The summed E-state index contributed by atoms with van der Waals surface area (Å²) in [5.41, 5.74) is 8.97. The minimum Gasteiger partial charge on any atom is -0.389 e. The first kappa shape index (κ1) is 13.3. The molecule has 2 rings (SSSR count). The monoisotopic (exact) mass is 263 g/mol. The summed E-state index contributed by atoms with van der Waals surface area (Å²) < 4.78 is 0. The second kappa shape index (κ2) is 5.22. The Balaban J connectivity index is 2.39. The minimum atomic E-state index is 0.452. The lowest BCUT2D eigenvalue weighted by atomic mass is 9.98. The van der Waals surface area contributed by atoms with Gasteiger partial charge in [-0.3, -0.25) is 0 Å². The standard InChI is InChI=1S/C14H21N3S/c1-9-4-6-17(7-5-9)14-12(13(15)18)10(2)8-11(3)16-14/h8-9H,4-7H2,1-3H3,(H2,15,18). The van der Waals surface area contributed by atoms with E-state index >= 15 is 0 Å². The van der Waals surface area contributed by atoms with Gasteiger partial charge in [0.2, 0.25) is 0 Å². The number of hydrogen-bond donors (Lipinski definition) is 1. The molecule has 0 amide bonds. The lowest BCUT2D eigenvalue weighted by Gasteiger charge is -2.33. The third-order valence-electron chi connectivity index (χ3n) is 3.66. The van der Waals surface area contributed by atoms with Crippen LogP contribution in [-0.2, 0) is 0 Å². The maximum absolute atomic E-state index is 5.86. The molecule has 0 radical (unpaired) electrons. The van der Waals surface area contributed by atoms with Gasteiger partial charge in [-0.05, 0) is 44.2 Å². The number of nitrogens with zero attached hydrogens (tertiary/aromatic N) is 2. The number of aromatic nitrogens is 1. The molecule has 0 atom stereocenters. The summed E-state index contributed by atoms with van der Waals surface area (Å²) in [7, 11) is 0.